The molecule has 106 valence electrons. The maximum absolute atomic E-state index is 6.13. The molecule has 6 heteroatoms. The molecule has 0 aliphatic rings. The summed E-state index contributed by atoms with van der Waals surface area (Å²) in [5.74, 6) is 1.36. The van der Waals surface area contributed by atoms with E-state index in [1.807, 2.05) is 0 Å². The highest BCUT2D eigenvalue weighted by Gasteiger charge is 2.12. The molecule has 0 amide bonds. The van der Waals surface area contributed by atoms with Crippen LogP contribution in [0.3, 0.4) is 0 Å². The van der Waals surface area contributed by atoms with Gasteiger partial charge >= 0.3 is 0 Å². The van der Waals surface area contributed by atoms with Gasteiger partial charge in [0.1, 0.15) is 23.0 Å². The summed E-state index contributed by atoms with van der Waals surface area (Å²) in [6.45, 7) is 2.08. The van der Waals surface area contributed by atoms with Gasteiger partial charge in [-0.25, -0.2) is 9.97 Å². The molecule has 20 heavy (non-hydrogen) atoms. The summed E-state index contributed by atoms with van der Waals surface area (Å²) in [6, 6.07) is 5.35. The third kappa shape index (κ3) is 3.32. The number of anilines is 2. The predicted molar refractivity (Wildman–Crippen MR) is 82.3 cm³/mol. The van der Waals surface area contributed by atoms with Gasteiger partial charge in [0.15, 0.2) is 0 Å². The maximum atomic E-state index is 6.13. The highest BCUT2D eigenvalue weighted by atomic mass is 35.5. The first kappa shape index (κ1) is 14.9. The van der Waals surface area contributed by atoms with E-state index in [2.05, 4.69) is 22.2 Å². The van der Waals surface area contributed by atoms with Gasteiger partial charge in [0.2, 0.25) is 0 Å². The highest BCUT2D eigenvalue weighted by molar-refractivity contribution is 6.31. The van der Waals surface area contributed by atoms with Crippen LogP contribution >= 0.6 is 23.2 Å². The van der Waals surface area contributed by atoms with Gasteiger partial charge < -0.3 is 10.1 Å². The van der Waals surface area contributed by atoms with E-state index in [0.29, 0.717) is 21.7 Å². The lowest BCUT2D eigenvalue weighted by Gasteiger charge is -2.14. The fourth-order valence-electron chi connectivity index (χ4n) is 1.88. The highest BCUT2D eigenvalue weighted by Crippen LogP contribution is 2.32. The molecule has 4 nitrogen and oxygen atoms in total. The van der Waals surface area contributed by atoms with Crippen molar-refractivity contribution in [3.8, 4) is 5.75 Å². The van der Waals surface area contributed by atoms with E-state index >= 15 is 0 Å². The standard InChI is InChI=1S/C14H15Cl2N3O/c1-3-4-10-13(16)17-8-18-14(10)19-11-7-9(15)5-6-12(11)20-2/h5-8H,3-4H2,1-2H3,(H,17,18,19). The predicted octanol–water partition coefficient (Wildman–Crippen LogP) is 4.49. The van der Waals surface area contributed by atoms with Crippen molar-refractivity contribution in [2.75, 3.05) is 12.4 Å². The van der Waals surface area contributed by atoms with Crippen molar-refractivity contribution in [2.45, 2.75) is 19.8 Å². The first-order chi connectivity index (χ1) is 9.65. The fraction of sp³-hybridized carbons (Fsp3) is 0.286. The first-order valence-corrected chi connectivity index (χ1v) is 7.01. The van der Waals surface area contributed by atoms with E-state index in [1.54, 1.807) is 25.3 Å². The molecule has 0 spiro atoms. The Labute approximate surface area is 128 Å². The lowest BCUT2D eigenvalue weighted by molar-refractivity contribution is 0.417. The van der Waals surface area contributed by atoms with E-state index in [4.69, 9.17) is 27.9 Å². The molecule has 0 saturated heterocycles. The summed E-state index contributed by atoms with van der Waals surface area (Å²) in [6.07, 6.45) is 3.18. The molecule has 0 fully saturated rings. The molecule has 0 unspecified atom stereocenters. The SMILES string of the molecule is CCCc1c(Cl)ncnc1Nc1cc(Cl)ccc1OC. The molecular formula is C14H15Cl2N3O. The molecule has 2 rings (SSSR count). The molecule has 1 N–H and O–H groups in total. The zero-order valence-electron chi connectivity index (χ0n) is 11.3. The van der Waals surface area contributed by atoms with Crippen molar-refractivity contribution in [2.24, 2.45) is 0 Å². The Bertz CT molecular complexity index is 605. The number of nitrogens with zero attached hydrogens (tertiary/aromatic N) is 2. The van der Waals surface area contributed by atoms with Crippen LogP contribution in [0.4, 0.5) is 11.5 Å². The molecular weight excluding hydrogens is 297 g/mol. The van der Waals surface area contributed by atoms with Crippen molar-refractivity contribution in [3.63, 3.8) is 0 Å². The van der Waals surface area contributed by atoms with Crippen LogP contribution in [0.25, 0.3) is 0 Å². The first-order valence-electron chi connectivity index (χ1n) is 6.25. The Morgan fingerprint density at radius 1 is 1.25 bits per heavy atom. The molecule has 0 bridgehead atoms. The summed E-state index contributed by atoms with van der Waals surface area (Å²) in [7, 11) is 1.61. The minimum absolute atomic E-state index is 0.463. The summed E-state index contributed by atoms with van der Waals surface area (Å²) in [5.41, 5.74) is 1.63. The van der Waals surface area contributed by atoms with Gasteiger partial charge in [0, 0.05) is 10.6 Å². The zero-order chi connectivity index (χ0) is 14.5. The van der Waals surface area contributed by atoms with Gasteiger partial charge in [-0.05, 0) is 24.6 Å². The number of aromatic nitrogens is 2. The second kappa shape index (κ2) is 6.77. The molecule has 1 aromatic heterocycles. The molecule has 0 aliphatic heterocycles. The van der Waals surface area contributed by atoms with Crippen LogP contribution in [0, 0.1) is 0 Å². The maximum Gasteiger partial charge on any atom is 0.142 e. The van der Waals surface area contributed by atoms with Crippen LogP contribution in [0.5, 0.6) is 5.75 Å². The second-order valence-electron chi connectivity index (χ2n) is 4.21. The van der Waals surface area contributed by atoms with Gasteiger partial charge in [-0.2, -0.15) is 0 Å². The van der Waals surface area contributed by atoms with Crippen LogP contribution in [-0.2, 0) is 6.42 Å². The number of methoxy groups -OCH3 is 1. The molecule has 0 radical (unpaired) electrons. The molecule has 0 aliphatic carbocycles. The van der Waals surface area contributed by atoms with Crippen LogP contribution in [0.15, 0.2) is 24.5 Å². The van der Waals surface area contributed by atoms with Crippen molar-refractivity contribution in [1.29, 1.82) is 0 Å². The van der Waals surface area contributed by atoms with Crippen molar-refractivity contribution in [3.05, 3.63) is 40.3 Å². The summed E-state index contributed by atoms with van der Waals surface area (Å²) >= 11 is 12.1. The summed E-state index contributed by atoms with van der Waals surface area (Å²) in [4.78, 5) is 8.27. The monoisotopic (exact) mass is 311 g/mol. The Kier molecular flexibility index (Phi) is 5.04. The van der Waals surface area contributed by atoms with Crippen molar-refractivity contribution < 1.29 is 4.74 Å². The largest absolute Gasteiger partial charge is 0.495 e. The summed E-state index contributed by atoms with van der Waals surface area (Å²) in [5, 5.41) is 4.29. The number of halogens is 2. The zero-order valence-corrected chi connectivity index (χ0v) is 12.8. The number of hydrogen-bond acceptors (Lipinski definition) is 4. The molecule has 2 aromatic rings. The molecule has 0 saturated carbocycles. The van der Waals surface area contributed by atoms with E-state index < -0.39 is 0 Å². The third-order valence-corrected chi connectivity index (χ3v) is 3.37. The third-order valence-electron chi connectivity index (χ3n) is 2.81. The quantitative estimate of drug-likeness (QED) is 0.826. The van der Waals surface area contributed by atoms with Gasteiger partial charge in [0.05, 0.1) is 12.8 Å². The van der Waals surface area contributed by atoms with Crippen LogP contribution in [0.2, 0.25) is 10.2 Å². The van der Waals surface area contributed by atoms with Gasteiger partial charge in [-0.15, -0.1) is 0 Å². The Morgan fingerprint density at radius 3 is 2.75 bits per heavy atom. The fourth-order valence-corrected chi connectivity index (χ4v) is 2.28. The Hall–Kier alpha value is -1.52. The van der Waals surface area contributed by atoms with Gasteiger partial charge in [0.25, 0.3) is 0 Å². The normalized spacial score (nSPS) is 10.4. The lowest BCUT2D eigenvalue weighted by atomic mass is 10.2. The topological polar surface area (TPSA) is 47.0 Å². The van der Waals surface area contributed by atoms with E-state index in [0.717, 1.165) is 24.1 Å². The van der Waals surface area contributed by atoms with Crippen molar-refractivity contribution in [1.82, 2.24) is 9.97 Å². The van der Waals surface area contributed by atoms with E-state index in [-0.39, 0.29) is 0 Å². The number of ether oxygens (including phenoxy) is 1. The van der Waals surface area contributed by atoms with E-state index in [9.17, 15) is 0 Å². The minimum atomic E-state index is 0.463. The molecule has 1 aromatic carbocycles. The smallest absolute Gasteiger partial charge is 0.142 e. The number of hydrogen-bond donors (Lipinski definition) is 1. The van der Waals surface area contributed by atoms with Crippen molar-refractivity contribution >= 4 is 34.7 Å². The van der Waals surface area contributed by atoms with Crippen LogP contribution < -0.4 is 10.1 Å². The van der Waals surface area contributed by atoms with Gasteiger partial charge in [-0.1, -0.05) is 36.5 Å². The number of nitrogens with one attached hydrogen (secondary N) is 1. The number of rotatable bonds is 5. The Balaban J connectivity index is 2.39. The second-order valence-corrected chi connectivity index (χ2v) is 5.01. The minimum Gasteiger partial charge on any atom is -0.495 e. The lowest BCUT2D eigenvalue weighted by Crippen LogP contribution is -2.02. The van der Waals surface area contributed by atoms with Crippen LogP contribution in [0.1, 0.15) is 18.9 Å². The average molecular weight is 312 g/mol. The molecule has 0 atom stereocenters. The average Bonchev–Trinajstić information content (AvgIpc) is 2.43. The number of benzene rings is 1. The summed E-state index contributed by atoms with van der Waals surface area (Å²) < 4.78 is 5.31. The van der Waals surface area contributed by atoms with Gasteiger partial charge in [-0.3, -0.25) is 0 Å². The Morgan fingerprint density at radius 2 is 2.05 bits per heavy atom. The van der Waals surface area contributed by atoms with Crippen LogP contribution in [-0.4, -0.2) is 17.1 Å². The van der Waals surface area contributed by atoms with E-state index in [1.165, 1.54) is 6.33 Å². The molecule has 1 heterocycles.